The van der Waals surface area contributed by atoms with Gasteiger partial charge in [0.25, 0.3) is 0 Å². The van der Waals surface area contributed by atoms with Gasteiger partial charge in [-0.25, -0.2) is 0 Å². The molecule has 3 aliphatic heterocycles. The van der Waals surface area contributed by atoms with Crippen molar-refractivity contribution in [3.05, 3.63) is 17.5 Å². The van der Waals surface area contributed by atoms with Gasteiger partial charge in [-0.3, -0.25) is 4.68 Å². The van der Waals surface area contributed by atoms with Gasteiger partial charge in [0.2, 0.25) is 0 Å². The lowest BCUT2D eigenvalue weighted by Crippen LogP contribution is -2.33. The molecule has 1 aromatic heterocycles. The number of nitrogens with one attached hydrogen (secondary N) is 1. The minimum atomic E-state index is 0.487. The molecule has 1 aromatic rings. The molecule has 0 aliphatic carbocycles. The molecule has 0 saturated carbocycles. The molecule has 0 amide bonds. The lowest BCUT2D eigenvalue weighted by molar-refractivity contribution is 0.183. The molecule has 0 spiro atoms. The van der Waals surface area contributed by atoms with E-state index in [0.29, 0.717) is 18.1 Å². The standard InChI is InChI=1S/C12H17N3O/c1-2-11-10-6-13-15(9-3-4-16-7-9)12(10)5-8(1)14-11/h6,8-9,11,14H,1-5,7H2. The second-order valence-corrected chi connectivity index (χ2v) is 5.21. The van der Waals surface area contributed by atoms with E-state index in [1.165, 1.54) is 24.1 Å². The van der Waals surface area contributed by atoms with Crippen molar-refractivity contribution >= 4 is 0 Å². The molecule has 3 aliphatic rings. The van der Waals surface area contributed by atoms with E-state index in [4.69, 9.17) is 4.74 Å². The van der Waals surface area contributed by atoms with Crippen molar-refractivity contribution in [2.45, 2.75) is 43.8 Å². The first kappa shape index (κ1) is 9.19. The number of hydrogen-bond donors (Lipinski definition) is 1. The Labute approximate surface area is 95.0 Å². The van der Waals surface area contributed by atoms with Crippen molar-refractivity contribution in [1.82, 2.24) is 15.1 Å². The van der Waals surface area contributed by atoms with Crippen LogP contribution in [-0.4, -0.2) is 29.0 Å². The lowest BCUT2D eigenvalue weighted by Gasteiger charge is -2.23. The molecule has 4 nitrogen and oxygen atoms in total. The average molecular weight is 219 g/mol. The maximum Gasteiger partial charge on any atom is 0.0777 e. The van der Waals surface area contributed by atoms with Crippen LogP contribution in [-0.2, 0) is 11.2 Å². The zero-order chi connectivity index (χ0) is 10.5. The van der Waals surface area contributed by atoms with Crippen molar-refractivity contribution < 1.29 is 4.74 Å². The van der Waals surface area contributed by atoms with Gasteiger partial charge in [0.05, 0.1) is 18.8 Å². The SMILES string of the molecule is c1nn(C2CCOC2)c2c1C1CCC(C2)N1. The summed E-state index contributed by atoms with van der Waals surface area (Å²) in [7, 11) is 0. The molecule has 4 heteroatoms. The molecule has 1 N–H and O–H groups in total. The van der Waals surface area contributed by atoms with Crippen LogP contribution in [0.2, 0.25) is 0 Å². The lowest BCUT2D eigenvalue weighted by atomic mass is 10.0. The Bertz CT molecular complexity index is 408. The van der Waals surface area contributed by atoms with E-state index < -0.39 is 0 Å². The van der Waals surface area contributed by atoms with E-state index in [1.54, 1.807) is 0 Å². The summed E-state index contributed by atoms with van der Waals surface area (Å²) in [4.78, 5) is 0. The number of ether oxygens (including phenoxy) is 1. The zero-order valence-electron chi connectivity index (χ0n) is 9.35. The summed E-state index contributed by atoms with van der Waals surface area (Å²) < 4.78 is 7.71. The van der Waals surface area contributed by atoms with Crippen LogP contribution >= 0.6 is 0 Å². The van der Waals surface area contributed by atoms with Crippen LogP contribution in [0.5, 0.6) is 0 Å². The monoisotopic (exact) mass is 219 g/mol. The fourth-order valence-corrected chi connectivity index (χ4v) is 3.39. The van der Waals surface area contributed by atoms with Crippen LogP contribution in [0, 0.1) is 0 Å². The van der Waals surface area contributed by atoms with Crippen LogP contribution in [0.1, 0.15) is 42.6 Å². The number of rotatable bonds is 1. The third-order valence-electron chi connectivity index (χ3n) is 4.24. The van der Waals surface area contributed by atoms with Crippen molar-refractivity contribution in [3.63, 3.8) is 0 Å². The van der Waals surface area contributed by atoms with Crippen LogP contribution in [0.4, 0.5) is 0 Å². The summed E-state index contributed by atoms with van der Waals surface area (Å²) in [5.74, 6) is 0. The molecule has 3 unspecified atom stereocenters. The van der Waals surface area contributed by atoms with E-state index in [0.717, 1.165) is 26.1 Å². The van der Waals surface area contributed by atoms with E-state index in [2.05, 4.69) is 21.3 Å². The summed E-state index contributed by atoms with van der Waals surface area (Å²) in [5, 5.41) is 8.26. The molecule has 2 bridgehead atoms. The van der Waals surface area contributed by atoms with Gasteiger partial charge < -0.3 is 10.1 Å². The summed E-state index contributed by atoms with van der Waals surface area (Å²) in [6, 6.07) is 1.75. The van der Waals surface area contributed by atoms with Gasteiger partial charge in [-0.05, 0) is 19.3 Å². The van der Waals surface area contributed by atoms with Gasteiger partial charge in [0.15, 0.2) is 0 Å². The molecule has 2 fully saturated rings. The normalized spacial score (nSPS) is 36.6. The van der Waals surface area contributed by atoms with Gasteiger partial charge in [-0.2, -0.15) is 5.10 Å². The molecule has 3 atom stereocenters. The molecule has 4 heterocycles. The number of nitrogens with zero attached hydrogens (tertiary/aromatic N) is 2. The smallest absolute Gasteiger partial charge is 0.0777 e. The molecule has 2 saturated heterocycles. The van der Waals surface area contributed by atoms with Crippen molar-refractivity contribution in [1.29, 1.82) is 0 Å². The number of hydrogen-bond acceptors (Lipinski definition) is 3. The minimum Gasteiger partial charge on any atom is -0.379 e. The van der Waals surface area contributed by atoms with Gasteiger partial charge in [-0.1, -0.05) is 0 Å². The highest BCUT2D eigenvalue weighted by molar-refractivity contribution is 5.29. The topological polar surface area (TPSA) is 39.1 Å². The minimum absolute atomic E-state index is 0.487. The number of aromatic nitrogens is 2. The first-order valence-corrected chi connectivity index (χ1v) is 6.32. The molecule has 0 aromatic carbocycles. The second-order valence-electron chi connectivity index (χ2n) is 5.21. The Kier molecular flexibility index (Phi) is 1.90. The Hall–Kier alpha value is -0.870. The summed E-state index contributed by atoms with van der Waals surface area (Å²) >= 11 is 0. The third kappa shape index (κ3) is 1.20. The van der Waals surface area contributed by atoms with Crippen molar-refractivity contribution in [2.24, 2.45) is 0 Å². The molecule has 0 radical (unpaired) electrons. The molecule has 4 rings (SSSR count). The van der Waals surface area contributed by atoms with E-state index in [9.17, 15) is 0 Å². The Morgan fingerprint density at radius 1 is 1.38 bits per heavy atom. The van der Waals surface area contributed by atoms with Gasteiger partial charge in [0, 0.05) is 36.4 Å². The first-order chi connectivity index (χ1) is 7.92. The van der Waals surface area contributed by atoms with E-state index in [1.807, 2.05) is 0 Å². The maximum atomic E-state index is 5.46. The van der Waals surface area contributed by atoms with E-state index >= 15 is 0 Å². The molecule has 86 valence electrons. The number of fused-ring (bicyclic) bond motifs is 4. The second kappa shape index (κ2) is 3.31. The van der Waals surface area contributed by atoms with Crippen LogP contribution in [0.3, 0.4) is 0 Å². The predicted octanol–water partition coefficient (Wildman–Crippen LogP) is 1.19. The summed E-state index contributed by atoms with van der Waals surface area (Å²) in [5.41, 5.74) is 2.92. The van der Waals surface area contributed by atoms with Crippen LogP contribution in [0.25, 0.3) is 0 Å². The maximum absolute atomic E-state index is 5.46. The molecule has 16 heavy (non-hydrogen) atoms. The highest BCUT2D eigenvalue weighted by Gasteiger charge is 2.36. The van der Waals surface area contributed by atoms with Crippen LogP contribution in [0.15, 0.2) is 6.20 Å². The highest BCUT2D eigenvalue weighted by atomic mass is 16.5. The summed E-state index contributed by atoms with van der Waals surface area (Å²) in [6.45, 7) is 1.74. The molecular weight excluding hydrogens is 202 g/mol. The Balaban J connectivity index is 1.74. The fraction of sp³-hybridized carbons (Fsp3) is 0.750. The van der Waals surface area contributed by atoms with Crippen LogP contribution < -0.4 is 5.32 Å². The molecular formula is C12H17N3O. The highest BCUT2D eigenvalue weighted by Crippen LogP contribution is 2.37. The quantitative estimate of drug-likeness (QED) is 0.771. The fourth-order valence-electron chi connectivity index (χ4n) is 3.39. The Morgan fingerprint density at radius 3 is 3.25 bits per heavy atom. The zero-order valence-corrected chi connectivity index (χ0v) is 9.35. The van der Waals surface area contributed by atoms with Gasteiger partial charge in [0.1, 0.15) is 0 Å². The average Bonchev–Trinajstić information content (AvgIpc) is 2.98. The Morgan fingerprint density at radius 2 is 2.38 bits per heavy atom. The third-order valence-corrected chi connectivity index (χ3v) is 4.24. The van der Waals surface area contributed by atoms with E-state index in [-0.39, 0.29) is 0 Å². The largest absolute Gasteiger partial charge is 0.379 e. The van der Waals surface area contributed by atoms with Crippen molar-refractivity contribution in [3.8, 4) is 0 Å². The van der Waals surface area contributed by atoms with Gasteiger partial charge in [-0.15, -0.1) is 0 Å². The summed E-state index contributed by atoms with van der Waals surface area (Å²) in [6.07, 6.45) is 6.96. The predicted molar refractivity (Wildman–Crippen MR) is 59.3 cm³/mol. The van der Waals surface area contributed by atoms with Gasteiger partial charge >= 0.3 is 0 Å². The first-order valence-electron chi connectivity index (χ1n) is 6.32. The van der Waals surface area contributed by atoms with Crippen molar-refractivity contribution in [2.75, 3.05) is 13.2 Å².